The van der Waals surface area contributed by atoms with Crippen LogP contribution in [-0.2, 0) is 35.7 Å². The Hall–Kier alpha value is -0.987. The molecule has 0 fully saturated rings. The second kappa shape index (κ2) is 25.9. The molecular formula is C19H29O3Zr. The third-order valence-electron chi connectivity index (χ3n) is 1.85. The van der Waals surface area contributed by atoms with E-state index in [1.54, 1.807) is 13.0 Å². The van der Waals surface area contributed by atoms with Gasteiger partial charge in [0.1, 0.15) is 5.95 Å². The smallest absolute Gasteiger partial charge is 0.550 e. The minimum atomic E-state index is 0. The van der Waals surface area contributed by atoms with Crippen LogP contribution in [0.15, 0.2) is 54.5 Å². The van der Waals surface area contributed by atoms with E-state index in [2.05, 4.69) is 6.92 Å². The number of hydrogen-bond acceptors (Lipinski definition) is 3. The van der Waals surface area contributed by atoms with Crippen LogP contribution in [-0.4, -0.2) is 24.9 Å². The average Bonchev–Trinajstić information content (AvgIpc) is 3.25. The Kier molecular flexibility index (Phi) is 30.3. The molecule has 0 saturated carbocycles. The van der Waals surface area contributed by atoms with Crippen LogP contribution in [0.5, 0.6) is 0 Å². The summed E-state index contributed by atoms with van der Waals surface area (Å²) in [7, 11) is 0. The summed E-state index contributed by atoms with van der Waals surface area (Å²) >= 11 is 0. The minimum absolute atomic E-state index is 0. The number of aliphatic hydroxyl groups excluding tert-OH is 1. The van der Waals surface area contributed by atoms with E-state index < -0.39 is 0 Å². The van der Waals surface area contributed by atoms with Gasteiger partial charge in [-0.1, -0.05) is 0 Å². The monoisotopic (exact) mass is 395 g/mol. The summed E-state index contributed by atoms with van der Waals surface area (Å²) < 4.78 is 10.0. The maximum atomic E-state index is 7.57. The van der Waals surface area contributed by atoms with Crippen molar-refractivity contribution >= 4 is 0 Å². The number of hydrogen-bond donors (Lipinski definition) is 1. The largest absolute Gasteiger partial charge is 3.00 e. The van der Waals surface area contributed by atoms with Crippen LogP contribution in [0.1, 0.15) is 20.8 Å². The van der Waals surface area contributed by atoms with E-state index in [4.69, 9.17) is 14.6 Å². The molecule has 1 aliphatic carbocycles. The first-order chi connectivity index (χ1) is 10.8. The van der Waals surface area contributed by atoms with Crippen LogP contribution in [0.3, 0.4) is 0 Å². The quantitative estimate of drug-likeness (QED) is 0.609. The molecule has 2 rings (SSSR count). The first-order valence-corrected chi connectivity index (χ1v) is 7.45. The summed E-state index contributed by atoms with van der Waals surface area (Å²) in [6, 6.07) is 10.0. The van der Waals surface area contributed by atoms with Crippen LogP contribution in [0.4, 0.5) is 0 Å². The minimum Gasteiger partial charge on any atom is -0.550 e. The summed E-state index contributed by atoms with van der Waals surface area (Å²) in [5.41, 5.74) is 0. The third kappa shape index (κ3) is 26.2. The van der Waals surface area contributed by atoms with Crippen molar-refractivity contribution in [1.82, 2.24) is 0 Å². The zero-order valence-electron chi connectivity index (χ0n) is 14.4. The molecule has 1 aliphatic rings. The molecule has 1 aromatic carbocycles. The van der Waals surface area contributed by atoms with Crippen molar-refractivity contribution in [3.8, 4) is 0 Å². The van der Waals surface area contributed by atoms with Gasteiger partial charge in [-0.3, -0.25) is 0 Å². The van der Waals surface area contributed by atoms with E-state index in [1.807, 2.05) is 75.6 Å². The standard InChI is InChI=1S/C7H13O2.2C5H5.C2H6O.Zr/c1-4-7(8-5-2)9-6-3;2*1-2-4-5-3-1;1-2-3;/h4H,1,5-6H2,2-3H3;2*1-5H;3H,2H2,1H3;/q3*-1;;+3. The third-order valence-corrected chi connectivity index (χ3v) is 1.85. The van der Waals surface area contributed by atoms with Gasteiger partial charge in [0.15, 0.2) is 0 Å². The Morgan fingerprint density at radius 2 is 1.65 bits per heavy atom. The second-order valence-corrected chi connectivity index (χ2v) is 3.63. The zero-order valence-corrected chi connectivity index (χ0v) is 16.9. The van der Waals surface area contributed by atoms with E-state index in [-0.39, 0.29) is 32.8 Å². The van der Waals surface area contributed by atoms with Gasteiger partial charge in [-0.15, -0.1) is 12.8 Å². The average molecular weight is 397 g/mol. The SMILES string of the molecule is CCO.[CH2-]C=C(OCC)OCC.[CH]1[CH][CH-]C=C1.[Zr+3].c1cc[cH-]c1. The number of rotatable bonds is 4. The topological polar surface area (TPSA) is 38.7 Å². The van der Waals surface area contributed by atoms with E-state index in [0.29, 0.717) is 19.2 Å². The van der Waals surface area contributed by atoms with Gasteiger partial charge in [0.05, 0.1) is 13.2 Å². The molecule has 23 heavy (non-hydrogen) atoms. The molecule has 0 atom stereocenters. The number of ether oxygens (including phenoxy) is 2. The summed E-state index contributed by atoms with van der Waals surface area (Å²) in [5, 5.41) is 7.57. The van der Waals surface area contributed by atoms with Crippen molar-refractivity contribution < 1.29 is 40.8 Å². The van der Waals surface area contributed by atoms with E-state index in [0.717, 1.165) is 0 Å². The Labute approximate surface area is 161 Å². The Balaban J connectivity index is -0.000000245. The van der Waals surface area contributed by atoms with Gasteiger partial charge < -0.3 is 14.6 Å². The van der Waals surface area contributed by atoms with Crippen molar-refractivity contribution in [2.24, 2.45) is 0 Å². The molecule has 1 aromatic rings. The molecule has 1 N–H and O–H groups in total. The molecule has 0 saturated heterocycles. The molecular weight excluding hydrogens is 367 g/mol. The second-order valence-electron chi connectivity index (χ2n) is 3.63. The Morgan fingerprint density at radius 3 is 1.83 bits per heavy atom. The zero-order chi connectivity index (χ0) is 16.9. The first-order valence-electron chi connectivity index (χ1n) is 7.45. The van der Waals surface area contributed by atoms with E-state index >= 15 is 0 Å². The summed E-state index contributed by atoms with van der Waals surface area (Å²) in [6.07, 6.45) is 11.6. The molecule has 4 heteroatoms. The van der Waals surface area contributed by atoms with E-state index in [1.165, 1.54) is 0 Å². The summed E-state index contributed by atoms with van der Waals surface area (Å²) in [4.78, 5) is 0. The summed E-state index contributed by atoms with van der Waals surface area (Å²) in [6.45, 7) is 10.5. The van der Waals surface area contributed by atoms with Crippen molar-refractivity contribution in [3.63, 3.8) is 0 Å². The first kappa shape index (κ1) is 26.9. The molecule has 0 bridgehead atoms. The van der Waals surface area contributed by atoms with Gasteiger partial charge in [0.25, 0.3) is 0 Å². The maximum absolute atomic E-state index is 7.57. The van der Waals surface area contributed by atoms with Crippen molar-refractivity contribution in [1.29, 1.82) is 0 Å². The fourth-order valence-electron chi connectivity index (χ4n) is 1.09. The van der Waals surface area contributed by atoms with Crippen LogP contribution in [0.2, 0.25) is 0 Å². The molecule has 0 spiro atoms. The van der Waals surface area contributed by atoms with Crippen LogP contribution < -0.4 is 0 Å². The molecule has 0 aromatic heterocycles. The van der Waals surface area contributed by atoms with Crippen molar-refractivity contribution in [2.45, 2.75) is 20.8 Å². The van der Waals surface area contributed by atoms with Crippen molar-refractivity contribution in [2.75, 3.05) is 19.8 Å². The molecule has 0 heterocycles. The number of allylic oxidation sites excluding steroid dienone is 3. The van der Waals surface area contributed by atoms with Gasteiger partial charge in [0.2, 0.25) is 0 Å². The van der Waals surface area contributed by atoms with Crippen LogP contribution >= 0.6 is 0 Å². The number of aliphatic hydroxyl groups is 1. The van der Waals surface area contributed by atoms with Crippen molar-refractivity contribution in [3.05, 3.63) is 80.7 Å². The molecule has 3 nitrogen and oxygen atoms in total. The van der Waals surface area contributed by atoms with E-state index in [9.17, 15) is 0 Å². The Morgan fingerprint density at radius 1 is 1.13 bits per heavy atom. The van der Waals surface area contributed by atoms with Gasteiger partial charge in [-0.25, -0.2) is 37.6 Å². The predicted molar refractivity (Wildman–Crippen MR) is 93.5 cm³/mol. The van der Waals surface area contributed by atoms with Crippen LogP contribution in [0, 0.1) is 26.2 Å². The normalized spacial score (nSPS) is 9.91. The van der Waals surface area contributed by atoms with Gasteiger partial charge in [-0.05, 0) is 20.8 Å². The summed E-state index contributed by atoms with van der Waals surface area (Å²) in [5.74, 6) is 0.514. The van der Waals surface area contributed by atoms with Gasteiger partial charge in [0, 0.05) is 6.61 Å². The fraction of sp³-hybridized carbons (Fsp3) is 0.316. The van der Waals surface area contributed by atoms with Crippen LogP contribution in [0.25, 0.3) is 0 Å². The fourth-order valence-corrected chi connectivity index (χ4v) is 1.09. The molecule has 0 amide bonds. The van der Waals surface area contributed by atoms with Gasteiger partial charge >= 0.3 is 26.2 Å². The maximum Gasteiger partial charge on any atom is 3.00 e. The molecule has 3 radical (unpaired) electrons. The molecule has 0 unspecified atom stereocenters. The Bertz CT molecular complexity index is 301. The van der Waals surface area contributed by atoms with Gasteiger partial charge in [-0.2, -0.15) is 24.3 Å². The molecule has 0 aliphatic heterocycles. The predicted octanol–water partition coefficient (Wildman–Crippen LogP) is 4.31. The molecule has 127 valence electrons.